The maximum atomic E-state index is 12.9. The summed E-state index contributed by atoms with van der Waals surface area (Å²) in [5.41, 5.74) is 2.41. The molecule has 2 atom stereocenters. The van der Waals surface area contributed by atoms with Crippen molar-refractivity contribution < 1.29 is 9.59 Å². The lowest BCUT2D eigenvalue weighted by Crippen LogP contribution is -2.33. The number of nitrogens with zero attached hydrogens (tertiary/aromatic N) is 2. The SMILES string of the molecule is CC(=O)c1ccccc1C(=O)N1C[C@H]2CN(Cc3ccccc3)C[C@H]2C1. The molecule has 0 spiro atoms. The van der Waals surface area contributed by atoms with E-state index < -0.39 is 0 Å². The van der Waals surface area contributed by atoms with E-state index in [1.165, 1.54) is 12.5 Å². The van der Waals surface area contributed by atoms with Crippen molar-refractivity contribution in [1.82, 2.24) is 9.80 Å². The first-order valence-corrected chi connectivity index (χ1v) is 9.27. The topological polar surface area (TPSA) is 40.6 Å². The average molecular weight is 348 g/mol. The van der Waals surface area contributed by atoms with E-state index in [9.17, 15) is 9.59 Å². The number of amides is 1. The molecule has 2 aliphatic heterocycles. The van der Waals surface area contributed by atoms with Crippen LogP contribution in [0.25, 0.3) is 0 Å². The van der Waals surface area contributed by atoms with E-state index in [-0.39, 0.29) is 11.7 Å². The lowest BCUT2D eigenvalue weighted by Gasteiger charge is -2.22. The van der Waals surface area contributed by atoms with Gasteiger partial charge in [-0.15, -0.1) is 0 Å². The molecule has 0 unspecified atom stereocenters. The standard InChI is InChI=1S/C22H24N2O2/c1-16(25)20-9-5-6-10-21(20)22(26)24-14-18-12-23(13-19(18)15-24)11-17-7-3-2-4-8-17/h2-10,18-19H,11-15H2,1H3/t18-,19+. The minimum atomic E-state index is -0.0534. The Hall–Kier alpha value is -2.46. The minimum absolute atomic E-state index is 0.000177. The van der Waals surface area contributed by atoms with Crippen molar-refractivity contribution in [2.24, 2.45) is 11.8 Å². The monoisotopic (exact) mass is 348 g/mol. The number of carbonyl (C=O) groups excluding carboxylic acids is 2. The third kappa shape index (κ3) is 3.29. The number of fused-ring (bicyclic) bond motifs is 1. The van der Waals surface area contributed by atoms with Crippen LogP contribution < -0.4 is 0 Å². The normalized spacial score (nSPS) is 22.4. The molecule has 0 aliphatic carbocycles. The van der Waals surface area contributed by atoms with E-state index >= 15 is 0 Å². The summed E-state index contributed by atoms with van der Waals surface area (Å²) < 4.78 is 0. The van der Waals surface area contributed by atoms with E-state index in [1.807, 2.05) is 23.1 Å². The van der Waals surface area contributed by atoms with Crippen LogP contribution in [0.3, 0.4) is 0 Å². The molecular weight excluding hydrogens is 324 g/mol. The van der Waals surface area contributed by atoms with Gasteiger partial charge in [0, 0.05) is 38.3 Å². The van der Waals surface area contributed by atoms with E-state index in [1.54, 1.807) is 12.1 Å². The molecule has 26 heavy (non-hydrogen) atoms. The number of hydrogen-bond acceptors (Lipinski definition) is 3. The summed E-state index contributed by atoms with van der Waals surface area (Å²) in [6.45, 7) is 6.17. The molecule has 0 N–H and O–H groups in total. The van der Waals surface area contributed by atoms with E-state index in [2.05, 4.69) is 29.2 Å². The second-order valence-electron chi connectivity index (χ2n) is 7.51. The van der Waals surface area contributed by atoms with Crippen LogP contribution in [0.5, 0.6) is 0 Å². The predicted molar refractivity (Wildman–Crippen MR) is 101 cm³/mol. The third-order valence-electron chi connectivity index (χ3n) is 5.63. The van der Waals surface area contributed by atoms with Gasteiger partial charge in [0.15, 0.2) is 5.78 Å². The number of carbonyl (C=O) groups is 2. The number of Topliss-reactive ketones (excluding diaryl/α,β-unsaturated/α-hetero) is 1. The summed E-state index contributed by atoms with van der Waals surface area (Å²) >= 11 is 0. The highest BCUT2D eigenvalue weighted by Gasteiger charge is 2.41. The second kappa shape index (κ2) is 7.04. The van der Waals surface area contributed by atoms with Gasteiger partial charge in [-0.3, -0.25) is 14.5 Å². The number of likely N-dealkylation sites (tertiary alicyclic amines) is 2. The Labute approximate surface area is 154 Å². The molecule has 1 amide bonds. The van der Waals surface area contributed by atoms with Crippen molar-refractivity contribution in [3.63, 3.8) is 0 Å². The summed E-state index contributed by atoms with van der Waals surface area (Å²) in [6, 6.07) is 17.7. The molecule has 0 saturated carbocycles. The molecule has 0 bridgehead atoms. The quantitative estimate of drug-likeness (QED) is 0.797. The molecule has 4 nitrogen and oxygen atoms in total. The predicted octanol–water partition coefficient (Wildman–Crippen LogP) is 3.09. The van der Waals surface area contributed by atoms with Gasteiger partial charge >= 0.3 is 0 Å². The van der Waals surface area contributed by atoms with Crippen molar-refractivity contribution in [2.45, 2.75) is 13.5 Å². The molecule has 2 aliphatic rings. The van der Waals surface area contributed by atoms with E-state index in [4.69, 9.17) is 0 Å². The molecule has 0 radical (unpaired) electrons. The Kier molecular flexibility index (Phi) is 4.60. The van der Waals surface area contributed by atoms with Crippen LogP contribution in [-0.4, -0.2) is 47.7 Å². The first kappa shape index (κ1) is 17.0. The number of ketones is 1. The number of benzene rings is 2. The van der Waals surface area contributed by atoms with Crippen molar-refractivity contribution in [3.05, 3.63) is 71.3 Å². The van der Waals surface area contributed by atoms with Crippen molar-refractivity contribution >= 4 is 11.7 Å². The first-order chi connectivity index (χ1) is 12.6. The van der Waals surface area contributed by atoms with Crippen molar-refractivity contribution in [1.29, 1.82) is 0 Å². The van der Waals surface area contributed by atoms with Gasteiger partial charge in [-0.2, -0.15) is 0 Å². The zero-order valence-corrected chi connectivity index (χ0v) is 15.1. The second-order valence-corrected chi connectivity index (χ2v) is 7.51. The molecule has 2 heterocycles. The Balaban J connectivity index is 1.40. The fourth-order valence-electron chi connectivity index (χ4n) is 4.37. The Bertz CT molecular complexity index is 804. The Morgan fingerprint density at radius 3 is 2.04 bits per heavy atom. The van der Waals surface area contributed by atoms with Gasteiger partial charge < -0.3 is 4.90 Å². The molecule has 2 aromatic carbocycles. The van der Waals surface area contributed by atoms with Gasteiger partial charge in [-0.05, 0) is 30.4 Å². The highest BCUT2D eigenvalue weighted by Crippen LogP contribution is 2.33. The van der Waals surface area contributed by atoms with Crippen LogP contribution in [0.15, 0.2) is 54.6 Å². The van der Waals surface area contributed by atoms with Gasteiger partial charge in [0.2, 0.25) is 0 Å². The third-order valence-corrected chi connectivity index (χ3v) is 5.63. The summed E-state index contributed by atoms with van der Waals surface area (Å²) in [6.07, 6.45) is 0. The highest BCUT2D eigenvalue weighted by atomic mass is 16.2. The first-order valence-electron chi connectivity index (χ1n) is 9.27. The maximum Gasteiger partial charge on any atom is 0.254 e. The van der Waals surface area contributed by atoms with Crippen molar-refractivity contribution in [3.8, 4) is 0 Å². The molecule has 2 saturated heterocycles. The zero-order valence-electron chi connectivity index (χ0n) is 15.1. The van der Waals surface area contributed by atoms with Crippen molar-refractivity contribution in [2.75, 3.05) is 26.2 Å². The number of hydrogen-bond donors (Lipinski definition) is 0. The molecule has 0 aromatic heterocycles. The molecular formula is C22H24N2O2. The largest absolute Gasteiger partial charge is 0.338 e. The Morgan fingerprint density at radius 2 is 1.42 bits per heavy atom. The number of rotatable bonds is 4. The Morgan fingerprint density at radius 1 is 0.846 bits per heavy atom. The average Bonchev–Trinajstić information content (AvgIpc) is 3.20. The van der Waals surface area contributed by atoms with Crippen LogP contribution in [0.4, 0.5) is 0 Å². The maximum absolute atomic E-state index is 12.9. The smallest absolute Gasteiger partial charge is 0.254 e. The van der Waals surface area contributed by atoms with Gasteiger partial charge in [0.1, 0.15) is 0 Å². The molecule has 134 valence electrons. The van der Waals surface area contributed by atoms with Crippen LogP contribution in [0, 0.1) is 11.8 Å². The molecule has 4 rings (SSSR count). The minimum Gasteiger partial charge on any atom is -0.338 e. The summed E-state index contributed by atoms with van der Waals surface area (Å²) in [4.78, 5) is 29.2. The van der Waals surface area contributed by atoms with Crippen LogP contribution in [0.2, 0.25) is 0 Å². The van der Waals surface area contributed by atoms with E-state index in [0.29, 0.717) is 23.0 Å². The van der Waals surface area contributed by atoms with Gasteiger partial charge in [-0.1, -0.05) is 48.5 Å². The molecule has 4 heteroatoms. The van der Waals surface area contributed by atoms with Crippen LogP contribution >= 0.6 is 0 Å². The summed E-state index contributed by atoms with van der Waals surface area (Å²) in [7, 11) is 0. The highest BCUT2D eigenvalue weighted by molar-refractivity contribution is 6.07. The summed E-state index contributed by atoms with van der Waals surface area (Å²) in [5, 5.41) is 0. The van der Waals surface area contributed by atoms with Crippen LogP contribution in [0.1, 0.15) is 33.2 Å². The molecule has 2 fully saturated rings. The fourth-order valence-corrected chi connectivity index (χ4v) is 4.37. The lowest BCUT2D eigenvalue weighted by atomic mass is 10.0. The molecule has 2 aromatic rings. The van der Waals surface area contributed by atoms with Gasteiger partial charge in [-0.25, -0.2) is 0 Å². The lowest BCUT2D eigenvalue weighted by molar-refractivity contribution is 0.0768. The zero-order chi connectivity index (χ0) is 18.1. The van der Waals surface area contributed by atoms with Crippen LogP contribution in [-0.2, 0) is 6.54 Å². The summed E-state index contributed by atoms with van der Waals surface area (Å²) in [5.74, 6) is 1.02. The van der Waals surface area contributed by atoms with E-state index in [0.717, 1.165) is 32.7 Å². The van der Waals surface area contributed by atoms with Gasteiger partial charge in [0.05, 0.1) is 5.56 Å². The fraction of sp³-hybridized carbons (Fsp3) is 0.364. The van der Waals surface area contributed by atoms with Gasteiger partial charge in [0.25, 0.3) is 5.91 Å².